The first kappa shape index (κ1) is 24.8. The second-order valence-electron chi connectivity index (χ2n) is 7.93. The molecule has 0 amide bonds. The van der Waals surface area contributed by atoms with Crippen molar-refractivity contribution < 1.29 is 18.7 Å². The predicted octanol–water partition coefficient (Wildman–Crippen LogP) is 4.58. The zero-order valence-corrected chi connectivity index (χ0v) is 20.2. The largest absolute Gasteiger partial charge is 0.487 e. The maximum atomic E-state index is 13.4. The fourth-order valence-electron chi connectivity index (χ4n) is 3.50. The van der Waals surface area contributed by atoms with Crippen LogP contribution in [0.5, 0.6) is 5.75 Å². The lowest BCUT2D eigenvalue weighted by Crippen LogP contribution is -2.38. The molecule has 0 bridgehead atoms. The first-order chi connectivity index (χ1) is 17.1. The van der Waals surface area contributed by atoms with Crippen molar-refractivity contribution in [1.82, 2.24) is 14.9 Å². The number of ether oxygens (including phenoxy) is 2. The first-order valence-corrected chi connectivity index (χ1v) is 11.7. The summed E-state index contributed by atoms with van der Waals surface area (Å²) in [5.74, 6) is 0.761. The molecule has 8 nitrogen and oxygen atoms in total. The minimum absolute atomic E-state index is 0.210. The van der Waals surface area contributed by atoms with Crippen LogP contribution >= 0.6 is 11.6 Å². The van der Waals surface area contributed by atoms with Gasteiger partial charge in [-0.25, -0.2) is 14.4 Å². The number of oxime groups is 1. The molecule has 1 aliphatic heterocycles. The highest BCUT2D eigenvalue weighted by molar-refractivity contribution is 6.32. The van der Waals surface area contributed by atoms with Crippen LogP contribution in [0, 0.1) is 12.7 Å². The van der Waals surface area contributed by atoms with E-state index in [0.29, 0.717) is 34.4 Å². The topological polar surface area (TPSA) is 81.1 Å². The molecule has 1 aliphatic rings. The van der Waals surface area contributed by atoms with Crippen LogP contribution in [0.1, 0.15) is 16.8 Å². The van der Waals surface area contributed by atoms with Gasteiger partial charge in [0.1, 0.15) is 36.9 Å². The van der Waals surface area contributed by atoms with Crippen molar-refractivity contribution in [2.75, 3.05) is 44.8 Å². The summed E-state index contributed by atoms with van der Waals surface area (Å²) in [4.78, 5) is 16.3. The van der Waals surface area contributed by atoms with E-state index in [0.717, 1.165) is 44.1 Å². The molecule has 3 aromatic rings. The molecule has 2 heterocycles. The van der Waals surface area contributed by atoms with Gasteiger partial charge in [0.25, 0.3) is 0 Å². The summed E-state index contributed by atoms with van der Waals surface area (Å²) >= 11 is 6.42. The van der Waals surface area contributed by atoms with Gasteiger partial charge in [0.2, 0.25) is 0 Å². The highest BCUT2D eigenvalue weighted by Crippen LogP contribution is 2.30. The summed E-state index contributed by atoms with van der Waals surface area (Å²) < 4.78 is 24.5. The third-order valence-corrected chi connectivity index (χ3v) is 5.72. The van der Waals surface area contributed by atoms with Gasteiger partial charge >= 0.3 is 0 Å². The zero-order chi connectivity index (χ0) is 24.5. The Labute approximate surface area is 208 Å². The van der Waals surface area contributed by atoms with Gasteiger partial charge < -0.3 is 19.6 Å². The van der Waals surface area contributed by atoms with Gasteiger partial charge in [-0.05, 0) is 42.8 Å². The van der Waals surface area contributed by atoms with Crippen molar-refractivity contribution in [2.45, 2.75) is 13.5 Å². The second-order valence-corrected chi connectivity index (χ2v) is 8.34. The van der Waals surface area contributed by atoms with E-state index in [1.165, 1.54) is 18.5 Å². The second kappa shape index (κ2) is 12.4. The number of aryl methyl sites for hydroxylation is 1. The van der Waals surface area contributed by atoms with Gasteiger partial charge in [0, 0.05) is 25.3 Å². The van der Waals surface area contributed by atoms with Crippen LogP contribution in [-0.4, -0.2) is 60.5 Å². The molecule has 4 rings (SSSR count). The van der Waals surface area contributed by atoms with Crippen molar-refractivity contribution in [3.05, 3.63) is 76.5 Å². The van der Waals surface area contributed by atoms with Gasteiger partial charge in [-0.2, -0.15) is 0 Å². The monoisotopic (exact) mass is 499 g/mol. The van der Waals surface area contributed by atoms with E-state index in [-0.39, 0.29) is 12.4 Å². The van der Waals surface area contributed by atoms with Gasteiger partial charge in [0.05, 0.1) is 35.7 Å². The molecule has 1 fully saturated rings. The first-order valence-electron chi connectivity index (χ1n) is 11.3. The van der Waals surface area contributed by atoms with Crippen molar-refractivity contribution in [3.8, 4) is 5.75 Å². The van der Waals surface area contributed by atoms with E-state index < -0.39 is 0 Å². The molecule has 35 heavy (non-hydrogen) atoms. The zero-order valence-electron chi connectivity index (χ0n) is 19.4. The lowest BCUT2D eigenvalue weighted by molar-refractivity contribution is 0.0214. The molecule has 0 aliphatic carbocycles. The Morgan fingerprint density at radius 2 is 2.06 bits per heavy atom. The molecule has 184 valence electrons. The summed E-state index contributed by atoms with van der Waals surface area (Å²) in [6.07, 6.45) is 3.08. The van der Waals surface area contributed by atoms with E-state index in [4.69, 9.17) is 25.9 Å². The molecule has 1 N–H and O–H groups in total. The average molecular weight is 500 g/mol. The van der Waals surface area contributed by atoms with Crippen molar-refractivity contribution in [2.24, 2.45) is 5.16 Å². The lowest BCUT2D eigenvalue weighted by Gasteiger charge is -2.25. The number of anilines is 2. The van der Waals surface area contributed by atoms with Crippen LogP contribution in [-0.2, 0) is 16.2 Å². The third kappa shape index (κ3) is 7.35. The quantitative estimate of drug-likeness (QED) is 0.248. The number of nitrogens with zero attached hydrogens (tertiary/aromatic N) is 4. The van der Waals surface area contributed by atoms with Gasteiger partial charge in [0.15, 0.2) is 0 Å². The molecule has 1 saturated heterocycles. The number of rotatable bonds is 10. The Balaban J connectivity index is 1.36. The fourth-order valence-corrected chi connectivity index (χ4v) is 3.73. The summed E-state index contributed by atoms with van der Waals surface area (Å²) in [5.41, 5.74) is 2.90. The van der Waals surface area contributed by atoms with Crippen LogP contribution in [0.25, 0.3) is 0 Å². The number of nitrogens with one attached hydrogen (secondary N) is 1. The minimum Gasteiger partial charge on any atom is -0.487 e. The van der Waals surface area contributed by atoms with Crippen LogP contribution in [0.3, 0.4) is 0 Å². The molecule has 0 unspecified atom stereocenters. The van der Waals surface area contributed by atoms with Crippen molar-refractivity contribution in [1.29, 1.82) is 0 Å². The maximum absolute atomic E-state index is 13.4. The third-order valence-electron chi connectivity index (χ3n) is 5.42. The Kier molecular flexibility index (Phi) is 8.83. The Bertz CT molecular complexity index is 1160. The van der Waals surface area contributed by atoms with Crippen LogP contribution in [0.15, 0.2) is 53.9 Å². The smallest absolute Gasteiger partial charge is 0.143 e. The summed E-state index contributed by atoms with van der Waals surface area (Å²) in [7, 11) is 0. The molecular formula is C25H27ClFN5O3. The highest BCUT2D eigenvalue weighted by atomic mass is 35.5. The standard InChI is InChI=1S/C25H27ClFN5O3/c1-18-22(15-30-35-12-9-32-7-10-33-11-8-32)25(29-17-28-18)31-21-5-6-24(23(26)14-21)34-16-19-3-2-4-20(27)13-19/h2-6,13-15,17H,7-12,16H2,1H3,(H,28,29,31)/b30-15+. The van der Waals surface area contributed by atoms with E-state index in [1.54, 1.807) is 30.5 Å². The molecule has 10 heteroatoms. The van der Waals surface area contributed by atoms with Gasteiger partial charge in [-0.1, -0.05) is 28.9 Å². The minimum atomic E-state index is -0.307. The normalized spacial score (nSPS) is 14.3. The predicted molar refractivity (Wildman–Crippen MR) is 133 cm³/mol. The maximum Gasteiger partial charge on any atom is 0.143 e. The van der Waals surface area contributed by atoms with E-state index >= 15 is 0 Å². The summed E-state index contributed by atoms with van der Waals surface area (Å²) in [6, 6.07) is 11.6. The number of hydrogen-bond donors (Lipinski definition) is 1. The Morgan fingerprint density at radius 3 is 2.86 bits per heavy atom. The SMILES string of the molecule is Cc1ncnc(Nc2ccc(OCc3cccc(F)c3)c(Cl)c2)c1/C=N/OCCN1CCOCC1. The number of halogens is 2. The van der Waals surface area contributed by atoms with Gasteiger partial charge in [-0.3, -0.25) is 4.90 Å². The molecule has 0 atom stereocenters. The molecule has 2 aromatic carbocycles. The Morgan fingerprint density at radius 1 is 1.20 bits per heavy atom. The van der Waals surface area contributed by atoms with Crippen molar-refractivity contribution in [3.63, 3.8) is 0 Å². The van der Waals surface area contributed by atoms with Crippen LogP contribution in [0.2, 0.25) is 5.02 Å². The van der Waals surface area contributed by atoms with E-state index in [9.17, 15) is 4.39 Å². The summed E-state index contributed by atoms with van der Waals surface area (Å²) in [6.45, 7) is 6.68. The highest BCUT2D eigenvalue weighted by Gasteiger charge is 2.11. The van der Waals surface area contributed by atoms with E-state index in [2.05, 4.69) is 25.3 Å². The number of hydrogen-bond acceptors (Lipinski definition) is 8. The fraction of sp³-hybridized carbons (Fsp3) is 0.320. The molecule has 0 radical (unpaired) electrons. The van der Waals surface area contributed by atoms with Crippen LogP contribution < -0.4 is 10.1 Å². The molecule has 1 aromatic heterocycles. The number of morpholine rings is 1. The molecule has 0 spiro atoms. The van der Waals surface area contributed by atoms with Crippen LogP contribution in [0.4, 0.5) is 15.9 Å². The lowest BCUT2D eigenvalue weighted by atomic mass is 10.2. The van der Waals surface area contributed by atoms with Gasteiger partial charge in [-0.15, -0.1) is 0 Å². The van der Waals surface area contributed by atoms with E-state index in [1.807, 2.05) is 13.0 Å². The Hall–Kier alpha value is -3.27. The van der Waals surface area contributed by atoms with Crippen molar-refractivity contribution >= 4 is 29.3 Å². The number of benzene rings is 2. The number of aromatic nitrogens is 2. The molecular weight excluding hydrogens is 473 g/mol. The average Bonchev–Trinajstić information content (AvgIpc) is 2.85. The molecule has 0 saturated carbocycles. The summed E-state index contributed by atoms with van der Waals surface area (Å²) in [5, 5.41) is 7.77.